The number of anilines is 1. The highest BCUT2D eigenvalue weighted by molar-refractivity contribution is 5.95. The average Bonchev–Trinajstić information content (AvgIpc) is 3.77. The van der Waals surface area contributed by atoms with Crippen LogP contribution in [0.1, 0.15) is 55.2 Å². The lowest BCUT2D eigenvalue weighted by atomic mass is 9.75. The van der Waals surface area contributed by atoms with Crippen molar-refractivity contribution in [3.8, 4) is 6.07 Å². The minimum Gasteiger partial charge on any atom is -0.326 e. The van der Waals surface area contributed by atoms with E-state index in [-0.39, 0.29) is 34.8 Å². The number of hydrogen-bond donors (Lipinski definition) is 1. The zero-order chi connectivity index (χ0) is 27.2. The van der Waals surface area contributed by atoms with Crippen LogP contribution in [0.4, 0.5) is 23.2 Å². The Morgan fingerprint density at radius 1 is 1.21 bits per heavy atom. The van der Waals surface area contributed by atoms with Gasteiger partial charge in [-0.25, -0.2) is 4.39 Å². The number of benzene rings is 2. The van der Waals surface area contributed by atoms with E-state index >= 15 is 0 Å². The topological polar surface area (TPSA) is 56.1 Å². The van der Waals surface area contributed by atoms with Gasteiger partial charge in [-0.2, -0.15) is 18.4 Å². The van der Waals surface area contributed by atoms with Gasteiger partial charge in [-0.3, -0.25) is 4.79 Å². The molecular weight excluding hydrogens is 494 g/mol. The smallest absolute Gasteiger partial charge is 0.326 e. The molecule has 4 unspecified atom stereocenters. The van der Waals surface area contributed by atoms with E-state index in [1.165, 1.54) is 11.6 Å². The van der Waals surface area contributed by atoms with Crippen molar-refractivity contribution in [1.29, 1.82) is 5.26 Å². The molecule has 5 rings (SSSR count). The second-order valence-corrected chi connectivity index (χ2v) is 11.7. The number of amides is 1. The first kappa shape index (κ1) is 26.7. The van der Waals surface area contributed by atoms with Gasteiger partial charge in [-0.1, -0.05) is 12.1 Å². The van der Waals surface area contributed by atoms with Crippen molar-refractivity contribution < 1.29 is 22.4 Å². The summed E-state index contributed by atoms with van der Waals surface area (Å²) in [7, 11) is 4.02. The van der Waals surface area contributed by atoms with E-state index in [0.29, 0.717) is 23.5 Å². The Bertz CT molecular complexity index is 1250. The molecule has 2 aromatic carbocycles. The zero-order valence-electron chi connectivity index (χ0n) is 21.7. The monoisotopic (exact) mass is 527 g/mol. The van der Waals surface area contributed by atoms with Gasteiger partial charge >= 0.3 is 6.18 Å². The molecule has 3 aliphatic carbocycles. The van der Waals surface area contributed by atoms with Gasteiger partial charge in [-0.05, 0) is 124 Å². The Morgan fingerprint density at radius 2 is 2.00 bits per heavy atom. The lowest BCUT2D eigenvalue weighted by molar-refractivity contribution is -0.140. The summed E-state index contributed by atoms with van der Waals surface area (Å²) in [6.07, 6.45) is 1.18. The molecule has 1 N–H and O–H groups in total. The standard InChI is InChI=1S/C30H33F4N3O/c1-37(2)12-4-7-23-26(27(23)28(38)36-22-8-9-25(31)24(15-22)30(32,33)34)19-10-11-29(16-21(29)14-19)20-6-3-5-18(13-20)17-35/h3,5-6,8-9,13,15,19,21,23,26-27H,4,7,10-12,14,16H2,1-2H3,(H,36,38)/t19?,21?,23-,26?,27?,29-/m0/s1. The SMILES string of the molecule is CN(C)CCC[C@@H]1C(C(=O)Nc2ccc(F)c(C(F)(F)F)c2)C1C1CC[C@@]2(c3cccc(C#N)c3)CC2C1. The van der Waals surface area contributed by atoms with Gasteiger partial charge in [0.05, 0.1) is 17.2 Å². The van der Waals surface area contributed by atoms with Crippen molar-refractivity contribution in [3.05, 3.63) is 65.0 Å². The van der Waals surface area contributed by atoms with E-state index in [1.54, 1.807) is 0 Å². The molecule has 0 heterocycles. The first-order valence-corrected chi connectivity index (χ1v) is 13.4. The van der Waals surface area contributed by atoms with Gasteiger partial charge in [0.2, 0.25) is 5.91 Å². The molecule has 202 valence electrons. The molecule has 0 aliphatic heterocycles. The number of nitrogens with one attached hydrogen (secondary N) is 1. The number of alkyl halides is 3. The number of hydrogen-bond acceptors (Lipinski definition) is 3. The zero-order valence-corrected chi connectivity index (χ0v) is 21.7. The third kappa shape index (κ3) is 5.18. The van der Waals surface area contributed by atoms with Crippen molar-refractivity contribution >= 4 is 11.6 Å². The number of nitriles is 1. The van der Waals surface area contributed by atoms with Crippen LogP contribution in [0.2, 0.25) is 0 Å². The Balaban J connectivity index is 1.28. The number of carbonyl (C=O) groups excluding carboxylic acids is 1. The quantitative estimate of drug-likeness (QED) is 0.393. The first-order valence-electron chi connectivity index (χ1n) is 13.4. The highest BCUT2D eigenvalue weighted by Crippen LogP contribution is 2.68. The molecule has 3 saturated carbocycles. The normalized spacial score (nSPS) is 29.9. The summed E-state index contributed by atoms with van der Waals surface area (Å²) >= 11 is 0. The van der Waals surface area contributed by atoms with Crippen LogP contribution in [0.25, 0.3) is 0 Å². The summed E-state index contributed by atoms with van der Waals surface area (Å²) in [5, 5.41) is 12.0. The van der Waals surface area contributed by atoms with Crippen molar-refractivity contribution in [3.63, 3.8) is 0 Å². The van der Waals surface area contributed by atoms with Gasteiger partial charge in [-0.15, -0.1) is 0 Å². The number of rotatable bonds is 8. The van der Waals surface area contributed by atoms with Crippen molar-refractivity contribution in [2.45, 2.75) is 50.1 Å². The fourth-order valence-electron chi connectivity index (χ4n) is 7.14. The number of nitrogens with zero attached hydrogens (tertiary/aromatic N) is 2. The van der Waals surface area contributed by atoms with E-state index < -0.39 is 17.6 Å². The van der Waals surface area contributed by atoms with Crippen LogP contribution in [0, 0.1) is 46.7 Å². The van der Waals surface area contributed by atoms with E-state index in [0.717, 1.165) is 51.1 Å². The first-order chi connectivity index (χ1) is 18.0. The van der Waals surface area contributed by atoms with Crippen LogP contribution in [0.5, 0.6) is 0 Å². The van der Waals surface area contributed by atoms with Crippen LogP contribution in [0.3, 0.4) is 0 Å². The van der Waals surface area contributed by atoms with Crippen LogP contribution < -0.4 is 5.32 Å². The van der Waals surface area contributed by atoms with Gasteiger partial charge in [0.25, 0.3) is 0 Å². The summed E-state index contributed by atoms with van der Waals surface area (Å²) in [6, 6.07) is 12.8. The largest absolute Gasteiger partial charge is 0.419 e. The molecule has 1 amide bonds. The molecule has 0 aromatic heterocycles. The van der Waals surface area contributed by atoms with E-state index in [4.69, 9.17) is 0 Å². The molecule has 3 fully saturated rings. The van der Waals surface area contributed by atoms with Crippen LogP contribution >= 0.6 is 0 Å². The molecule has 3 aliphatic rings. The molecule has 0 spiro atoms. The number of fused-ring (bicyclic) bond motifs is 1. The minimum absolute atomic E-state index is 0.0244. The van der Waals surface area contributed by atoms with Crippen molar-refractivity contribution in [2.24, 2.45) is 29.6 Å². The van der Waals surface area contributed by atoms with E-state index in [1.807, 2.05) is 32.3 Å². The molecule has 0 radical (unpaired) electrons. The molecular formula is C30H33F4N3O. The lowest BCUT2D eigenvalue weighted by Crippen LogP contribution is -2.23. The minimum atomic E-state index is -4.83. The predicted octanol–water partition coefficient (Wildman–Crippen LogP) is 6.62. The third-order valence-electron chi connectivity index (χ3n) is 9.11. The number of halogens is 4. The highest BCUT2D eigenvalue weighted by atomic mass is 19.4. The second kappa shape index (κ2) is 10.00. The molecule has 2 aromatic rings. The molecule has 6 atom stereocenters. The van der Waals surface area contributed by atoms with Gasteiger partial charge < -0.3 is 10.2 Å². The summed E-state index contributed by atoms with van der Waals surface area (Å²) in [6.45, 7) is 0.913. The van der Waals surface area contributed by atoms with Crippen molar-refractivity contribution in [1.82, 2.24) is 4.90 Å². The maximum Gasteiger partial charge on any atom is 0.419 e. The second-order valence-electron chi connectivity index (χ2n) is 11.7. The van der Waals surface area contributed by atoms with Crippen LogP contribution in [-0.4, -0.2) is 31.4 Å². The third-order valence-corrected chi connectivity index (χ3v) is 9.11. The maximum absolute atomic E-state index is 13.7. The fourth-order valence-corrected chi connectivity index (χ4v) is 7.14. The summed E-state index contributed by atoms with van der Waals surface area (Å²) < 4.78 is 53.2. The van der Waals surface area contributed by atoms with Crippen LogP contribution in [-0.2, 0) is 16.4 Å². The van der Waals surface area contributed by atoms with Crippen molar-refractivity contribution in [2.75, 3.05) is 26.0 Å². The molecule has 4 nitrogen and oxygen atoms in total. The van der Waals surface area contributed by atoms with Gasteiger partial charge in [0.15, 0.2) is 0 Å². The Kier molecular flexibility index (Phi) is 7.02. The maximum atomic E-state index is 13.7. The highest BCUT2D eigenvalue weighted by Gasteiger charge is 2.63. The number of carbonyl (C=O) groups is 1. The molecule has 0 bridgehead atoms. The Labute approximate surface area is 221 Å². The van der Waals surface area contributed by atoms with Gasteiger partial charge in [0, 0.05) is 11.6 Å². The molecule has 38 heavy (non-hydrogen) atoms. The molecule has 0 saturated heterocycles. The Hall–Kier alpha value is -2.92. The summed E-state index contributed by atoms with van der Waals surface area (Å²) in [5.41, 5.74) is 0.661. The summed E-state index contributed by atoms with van der Waals surface area (Å²) in [5.74, 6) is -0.507. The van der Waals surface area contributed by atoms with E-state index in [2.05, 4.69) is 22.4 Å². The lowest BCUT2D eigenvalue weighted by Gasteiger charge is -2.29. The summed E-state index contributed by atoms with van der Waals surface area (Å²) in [4.78, 5) is 15.4. The molecule has 8 heteroatoms. The van der Waals surface area contributed by atoms with Crippen LogP contribution in [0.15, 0.2) is 42.5 Å². The van der Waals surface area contributed by atoms with Gasteiger partial charge in [0.1, 0.15) is 5.82 Å². The van der Waals surface area contributed by atoms with E-state index in [9.17, 15) is 27.6 Å². The average molecular weight is 528 g/mol. The predicted molar refractivity (Wildman–Crippen MR) is 137 cm³/mol. The fraction of sp³-hybridized carbons (Fsp3) is 0.533. The Morgan fingerprint density at radius 3 is 2.68 bits per heavy atom.